The average Bonchev–Trinajstić information content (AvgIpc) is 2.92. The second kappa shape index (κ2) is 7.33. The molecule has 0 fully saturated rings. The molecule has 3 nitrogen and oxygen atoms in total. The summed E-state index contributed by atoms with van der Waals surface area (Å²) in [6, 6.07) is 10.6. The second-order valence-electron chi connectivity index (χ2n) is 4.78. The average molecular weight is 307 g/mol. The fourth-order valence-electron chi connectivity index (χ4n) is 1.97. The first-order chi connectivity index (χ1) is 10.1. The van der Waals surface area contributed by atoms with Gasteiger partial charge in [-0.3, -0.25) is 4.79 Å². The van der Waals surface area contributed by atoms with Crippen molar-refractivity contribution in [3.8, 4) is 0 Å². The van der Waals surface area contributed by atoms with Crippen molar-refractivity contribution in [2.24, 2.45) is 0 Å². The molecule has 0 aliphatic carbocycles. The van der Waals surface area contributed by atoms with Gasteiger partial charge in [0.2, 0.25) is 0 Å². The lowest BCUT2D eigenvalue weighted by Gasteiger charge is -2.13. The Morgan fingerprint density at radius 1 is 1.33 bits per heavy atom. The van der Waals surface area contributed by atoms with E-state index in [1.165, 1.54) is 19.2 Å². The molecule has 1 N–H and O–H groups in total. The van der Waals surface area contributed by atoms with Crippen molar-refractivity contribution in [1.29, 1.82) is 0 Å². The number of esters is 1. The van der Waals surface area contributed by atoms with Gasteiger partial charge in [-0.2, -0.15) is 0 Å². The molecule has 2 aromatic rings. The van der Waals surface area contributed by atoms with E-state index in [-0.39, 0.29) is 17.8 Å². The molecule has 1 heterocycles. The molecule has 1 atom stereocenters. The van der Waals surface area contributed by atoms with Crippen LogP contribution in [-0.4, -0.2) is 13.1 Å². The standard InChI is InChI=1S/C16H18FNO2S/c1-11(12-4-3-5-13(17)8-12)18-10-15-7-6-14(21-15)9-16(19)20-2/h3-8,11,18H,9-10H2,1-2H3. The van der Waals surface area contributed by atoms with Gasteiger partial charge in [-0.25, -0.2) is 4.39 Å². The zero-order valence-corrected chi connectivity index (χ0v) is 12.9. The summed E-state index contributed by atoms with van der Waals surface area (Å²) in [4.78, 5) is 13.3. The van der Waals surface area contributed by atoms with Crippen molar-refractivity contribution in [3.05, 3.63) is 57.5 Å². The first-order valence-electron chi connectivity index (χ1n) is 6.71. The Balaban J connectivity index is 1.89. The molecule has 0 amide bonds. The van der Waals surface area contributed by atoms with Crippen molar-refractivity contribution < 1.29 is 13.9 Å². The lowest BCUT2D eigenvalue weighted by molar-refractivity contribution is -0.139. The molecule has 21 heavy (non-hydrogen) atoms. The maximum atomic E-state index is 13.2. The van der Waals surface area contributed by atoms with Gasteiger partial charge in [0.15, 0.2) is 0 Å². The minimum Gasteiger partial charge on any atom is -0.469 e. The van der Waals surface area contributed by atoms with Gasteiger partial charge in [-0.05, 0) is 36.8 Å². The first-order valence-corrected chi connectivity index (χ1v) is 7.53. The van der Waals surface area contributed by atoms with E-state index in [0.29, 0.717) is 13.0 Å². The van der Waals surface area contributed by atoms with Gasteiger partial charge in [0.05, 0.1) is 13.5 Å². The van der Waals surface area contributed by atoms with Crippen molar-refractivity contribution in [1.82, 2.24) is 5.32 Å². The highest BCUT2D eigenvalue weighted by Gasteiger charge is 2.09. The number of ether oxygens (including phenoxy) is 1. The fraction of sp³-hybridized carbons (Fsp3) is 0.312. The summed E-state index contributed by atoms with van der Waals surface area (Å²) in [6.45, 7) is 2.68. The summed E-state index contributed by atoms with van der Waals surface area (Å²) < 4.78 is 17.8. The number of methoxy groups -OCH3 is 1. The highest BCUT2D eigenvalue weighted by molar-refractivity contribution is 7.12. The maximum Gasteiger partial charge on any atom is 0.310 e. The Morgan fingerprint density at radius 2 is 2.10 bits per heavy atom. The molecule has 1 aromatic carbocycles. The maximum absolute atomic E-state index is 13.2. The fourth-order valence-corrected chi connectivity index (χ4v) is 2.93. The van der Waals surface area contributed by atoms with Gasteiger partial charge in [0.1, 0.15) is 5.82 Å². The van der Waals surface area contributed by atoms with Crippen molar-refractivity contribution in [2.75, 3.05) is 7.11 Å². The number of thiophene rings is 1. The number of halogens is 1. The molecule has 0 saturated carbocycles. The molecular formula is C16H18FNO2S. The molecule has 0 bridgehead atoms. The van der Waals surface area contributed by atoms with Gasteiger partial charge in [-0.15, -0.1) is 11.3 Å². The minimum absolute atomic E-state index is 0.0619. The van der Waals surface area contributed by atoms with E-state index in [1.807, 2.05) is 25.1 Å². The van der Waals surface area contributed by atoms with Crippen molar-refractivity contribution in [2.45, 2.75) is 25.9 Å². The Bertz CT molecular complexity index is 612. The molecule has 112 valence electrons. The van der Waals surface area contributed by atoms with Crippen LogP contribution >= 0.6 is 11.3 Å². The molecule has 0 radical (unpaired) electrons. The third kappa shape index (κ3) is 4.65. The van der Waals surface area contributed by atoms with E-state index in [0.717, 1.165) is 15.3 Å². The van der Waals surface area contributed by atoms with Crippen LogP contribution in [0, 0.1) is 5.82 Å². The van der Waals surface area contributed by atoms with E-state index in [4.69, 9.17) is 0 Å². The Morgan fingerprint density at radius 3 is 2.81 bits per heavy atom. The van der Waals surface area contributed by atoms with E-state index in [9.17, 15) is 9.18 Å². The third-order valence-corrected chi connectivity index (χ3v) is 4.28. The van der Waals surface area contributed by atoms with E-state index >= 15 is 0 Å². The molecule has 0 aliphatic rings. The number of rotatable bonds is 6. The molecule has 0 aliphatic heterocycles. The zero-order valence-electron chi connectivity index (χ0n) is 12.1. The third-order valence-electron chi connectivity index (χ3n) is 3.19. The van der Waals surface area contributed by atoms with Gasteiger partial charge in [-0.1, -0.05) is 12.1 Å². The molecule has 5 heteroatoms. The highest BCUT2D eigenvalue weighted by atomic mass is 32.1. The number of benzene rings is 1. The van der Waals surface area contributed by atoms with Crippen molar-refractivity contribution in [3.63, 3.8) is 0 Å². The smallest absolute Gasteiger partial charge is 0.310 e. The molecule has 1 unspecified atom stereocenters. The van der Waals surface area contributed by atoms with Gasteiger partial charge in [0, 0.05) is 22.3 Å². The summed E-state index contributed by atoms with van der Waals surface area (Å²) >= 11 is 1.58. The molecule has 0 saturated heterocycles. The summed E-state index contributed by atoms with van der Waals surface area (Å²) in [5, 5.41) is 3.35. The topological polar surface area (TPSA) is 38.3 Å². The Hall–Kier alpha value is -1.72. The van der Waals surface area contributed by atoms with E-state index in [2.05, 4.69) is 10.1 Å². The second-order valence-corrected chi connectivity index (χ2v) is 6.03. The highest BCUT2D eigenvalue weighted by Crippen LogP contribution is 2.19. The number of carbonyl (C=O) groups is 1. The summed E-state index contributed by atoms with van der Waals surface area (Å²) in [5.41, 5.74) is 0.918. The van der Waals surface area contributed by atoms with Gasteiger partial charge >= 0.3 is 5.97 Å². The van der Waals surface area contributed by atoms with Crippen LogP contribution in [0.5, 0.6) is 0 Å². The van der Waals surface area contributed by atoms with Crippen LogP contribution < -0.4 is 5.32 Å². The summed E-state index contributed by atoms with van der Waals surface area (Å²) in [5.74, 6) is -0.456. The molecule has 2 rings (SSSR count). The number of hydrogen-bond donors (Lipinski definition) is 1. The Labute approximate surface area is 127 Å². The number of nitrogens with one attached hydrogen (secondary N) is 1. The predicted molar refractivity (Wildman–Crippen MR) is 81.7 cm³/mol. The number of carbonyl (C=O) groups excluding carboxylic acids is 1. The van der Waals surface area contributed by atoms with Crippen LogP contribution in [-0.2, 0) is 22.5 Å². The van der Waals surface area contributed by atoms with Crippen LogP contribution in [0.15, 0.2) is 36.4 Å². The summed E-state index contributed by atoms with van der Waals surface area (Å²) in [7, 11) is 1.39. The zero-order chi connectivity index (χ0) is 15.2. The number of hydrogen-bond acceptors (Lipinski definition) is 4. The molecule has 0 spiro atoms. The van der Waals surface area contributed by atoms with Gasteiger partial charge in [0.25, 0.3) is 0 Å². The SMILES string of the molecule is COC(=O)Cc1ccc(CNC(C)c2cccc(F)c2)s1. The lowest BCUT2D eigenvalue weighted by atomic mass is 10.1. The largest absolute Gasteiger partial charge is 0.469 e. The van der Waals surface area contributed by atoms with Crippen LogP contribution in [0.1, 0.15) is 28.3 Å². The Kier molecular flexibility index (Phi) is 5.47. The summed E-state index contributed by atoms with van der Waals surface area (Å²) in [6.07, 6.45) is 0.306. The van der Waals surface area contributed by atoms with Crippen LogP contribution in [0.3, 0.4) is 0 Å². The van der Waals surface area contributed by atoms with Crippen LogP contribution in [0.4, 0.5) is 4.39 Å². The van der Waals surface area contributed by atoms with E-state index in [1.54, 1.807) is 17.4 Å². The lowest BCUT2D eigenvalue weighted by Crippen LogP contribution is -2.17. The van der Waals surface area contributed by atoms with Crippen LogP contribution in [0.2, 0.25) is 0 Å². The predicted octanol–water partition coefficient (Wildman–Crippen LogP) is 3.45. The van der Waals surface area contributed by atoms with Crippen molar-refractivity contribution >= 4 is 17.3 Å². The quantitative estimate of drug-likeness (QED) is 0.831. The van der Waals surface area contributed by atoms with Crippen LogP contribution in [0.25, 0.3) is 0 Å². The first kappa shape index (κ1) is 15.7. The molecule has 1 aromatic heterocycles. The monoisotopic (exact) mass is 307 g/mol. The van der Waals surface area contributed by atoms with E-state index < -0.39 is 0 Å². The van der Waals surface area contributed by atoms with Gasteiger partial charge < -0.3 is 10.1 Å². The normalized spacial score (nSPS) is 12.1. The molecular weight excluding hydrogens is 289 g/mol. The minimum atomic E-state index is -0.232.